The summed E-state index contributed by atoms with van der Waals surface area (Å²) in [7, 11) is 0. The van der Waals surface area contributed by atoms with E-state index in [0.717, 1.165) is 11.0 Å². The number of halogens is 6. The number of amidine groups is 2. The van der Waals surface area contributed by atoms with Gasteiger partial charge in [0.25, 0.3) is 0 Å². The van der Waals surface area contributed by atoms with E-state index >= 15 is 0 Å². The van der Waals surface area contributed by atoms with E-state index < -0.39 is 35.4 Å². The Morgan fingerprint density at radius 3 is 2.39 bits per heavy atom. The Labute approximate surface area is 155 Å². The van der Waals surface area contributed by atoms with Gasteiger partial charge in [0.1, 0.15) is 12.4 Å². The number of hydrogen-bond acceptors (Lipinski definition) is 4. The number of amides is 1. The van der Waals surface area contributed by atoms with E-state index in [0.29, 0.717) is 16.7 Å². The van der Waals surface area contributed by atoms with Crippen LogP contribution in [-0.4, -0.2) is 52.9 Å². The summed E-state index contributed by atoms with van der Waals surface area (Å²) in [4.78, 5) is 13.3. The smallest absolute Gasteiger partial charge is 0.402 e. The van der Waals surface area contributed by atoms with Crippen molar-refractivity contribution in [1.29, 1.82) is 5.41 Å². The summed E-state index contributed by atoms with van der Waals surface area (Å²) < 4.78 is 78.1. The minimum Gasteiger partial charge on any atom is -0.402 e. The van der Waals surface area contributed by atoms with Crippen molar-refractivity contribution in [2.75, 3.05) is 19.6 Å². The molecule has 0 saturated heterocycles. The van der Waals surface area contributed by atoms with Crippen LogP contribution in [0.5, 0.6) is 0 Å². The molecule has 12 heteroatoms. The Morgan fingerprint density at radius 1 is 1.21 bits per heavy atom. The van der Waals surface area contributed by atoms with E-state index in [9.17, 15) is 31.1 Å². The van der Waals surface area contributed by atoms with Gasteiger partial charge in [-0.3, -0.25) is 4.79 Å². The molecule has 0 aliphatic carbocycles. The van der Waals surface area contributed by atoms with E-state index in [1.165, 1.54) is 0 Å². The number of carbonyl (C=O) groups excluding carboxylic acids is 1. The number of nitrogens with zero attached hydrogens (tertiary/aromatic N) is 2. The highest BCUT2D eigenvalue weighted by molar-refractivity contribution is 5.94. The minimum absolute atomic E-state index is 0.165. The van der Waals surface area contributed by atoms with Crippen LogP contribution in [0, 0.1) is 22.9 Å². The molecule has 1 heterocycles. The SMILES string of the molecule is N=C([N+]1=C(N)CN(C(=O)/C=C(\N)Cc2cc(F)c(F)cc2F)CC1)C(F)(F)F. The van der Waals surface area contributed by atoms with Crippen molar-refractivity contribution in [3.8, 4) is 0 Å². The summed E-state index contributed by atoms with van der Waals surface area (Å²) in [6.07, 6.45) is -4.36. The number of alkyl halides is 3. The van der Waals surface area contributed by atoms with Crippen LogP contribution in [0.1, 0.15) is 5.56 Å². The van der Waals surface area contributed by atoms with E-state index in [2.05, 4.69) is 0 Å². The Bertz CT molecular complexity index is 877. The maximum Gasteiger partial charge on any atom is 0.481 e. The zero-order valence-corrected chi connectivity index (χ0v) is 14.3. The first-order valence-electron chi connectivity index (χ1n) is 7.83. The van der Waals surface area contributed by atoms with Crippen LogP contribution in [0.2, 0.25) is 0 Å². The lowest BCUT2D eigenvalue weighted by molar-refractivity contribution is -0.437. The predicted molar refractivity (Wildman–Crippen MR) is 87.0 cm³/mol. The van der Waals surface area contributed by atoms with Crippen molar-refractivity contribution >= 4 is 17.6 Å². The van der Waals surface area contributed by atoms with Gasteiger partial charge in [0.05, 0.1) is 13.1 Å². The van der Waals surface area contributed by atoms with Crippen LogP contribution in [-0.2, 0) is 11.2 Å². The summed E-state index contributed by atoms with van der Waals surface area (Å²) in [5, 5.41) is 7.10. The Hall–Kier alpha value is -3.05. The lowest BCUT2D eigenvalue weighted by Crippen LogP contribution is -2.53. The molecular weight excluding hydrogens is 392 g/mol. The third-order valence-corrected chi connectivity index (χ3v) is 3.94. The fraction of sp³-hybridized carbons (Fsp3) is 0.312. The Morgan fingerprint density at radius 2 is 1.82 bits per heavy atom. The highest BCUT2D eigenvalue weighted by Gasteiger charge is 2.44. The fourth-order valence-electron chi connectivity index (χ4n) is 2.54. The fourth-order valence-corrected chi connectivity index (χ4v) is 2.54. The summed E-state index contributed by atoms with van der Waals surface area (Å²) in [5.74, 6) is -6.38. The summed E-state index contributed by atoms with van der Waals surface area (Å²) >= 11 is 0. The number of nitrogens with one attached hydrogen (secondary N) is 1. The van der Waals surface area contributed by atoms with Gasteiger partial charge in [0, 0.05) is 24.3 Å². The first kappa shape index (κ1) is 21.3. The van der Waals surface area contributed by atoms with Crippen molar-refractivity contribution in [2.45, 2.75) is 12.6 Å². The molecule has 0 spiro atoms. The van der Waals surface area contributed by atoms with Gasteiger partial charge >= 0.3 is 12.0 Å². The first-order chi connectivity index (χ1) is 12.9. The van der Waals surface area contributed by atoms with Crippen molar-refractivity contribution in [1.82, 2.24) is 4.90 Å². The molecule has 1 amide bonds. The van der Waals surface area contributed by atoms with E-state index in [1.54, 1.807) is 0 Å². The molecule has 0 radical (unpaired) electrons. The standard InChI is InChI=1S/C16H15F6N5O/c17-10-6-12(19)11(18)4-8(10)3-9(23)5-14(28)26-1-2-27(13(24)7-26)15(25)16(20,21)22/h4-6,24-25H,1-3,7H2,(H2,23,28)/p+1. The third kappa shape index (κ3) is 4.81. The lowest BCUT2D eigenvalue weighted by Gasteiger charge is -2.27. The summed E-state index contributed by atoms with van der Waals surface area (Å²) in [6, 6.07) is 0.966. The molecule has 1 aliphatic rings. The maximum absolute atomic E-state index is 13.6. The maximum atomic E-state index is 13.6. The number of nitrogens with two attached hydrogens (primary N) is 2. The van der Waals surface area contributed by atoms with Crippen LogP contribution in [0.25, 0.3) is 0 Å². The molecule has 0 atom stereocenters. The molecule has 1 aromatic carbocycles. The number of benzene rings is 1. The lowest BCUT2D eigenvalue weighted by atomic mass is 10.1. The zero-order valence-electron chi connectivity index (χ0n) is 14.3. The van der Waals surface area contributed by atoms with Crippen LogP contribution in [0.4, 0.5) is 26.3 Å². The molecule has 0 fully saturated rings. The Balaban J connectivity index is 2.10. The topological polar surface area (TPSA) is 99.2 Å². The summed E-state index contributed by atoms with van der Waals surface area (Å²) in [6.45, 7) is -0.886. The highest BCUT2D eigenvalue weighted by Crippen LogP contribution is 2.18. The van der Waals surface area contributed by atoms with Crippen LogP contribution >= 0.6 is 0 Å². The average molecular weight is 408 g/mol. The molecule has 152 valence electrons. The zero-order chi connectivity index (χ0) is 21.2. The molecule has 0 saturated carbocycles. The molecule has 5 N–H and O–H groups in total. The number of hydrogen-bond donors (Lipinski definition) is 3. The predicted octanol–water partition coefficient (Wildman–Crippen LogP) is 1.24. The summed E-state index contributed by atoms with van der Waals surface area (Å²) in [5.41, 5.74) is 10.7. The monoisotopic (exact) mass is 408 g/mol. The van der Waals surface area contributed by atoms with E-state index in [4.69, 9.17) is 16.9 Å². The molecule has 28 heavy (non-hydrogen) atoms. The molecule has 1 aromatic rings. The van der Waals surface area contributed by atoms with Gasteiger partial charge in [-0.15, -0.1) is 0 Å². The van der Waals surface area contributed by atoms with E-state index in [1.807, 2.05) is 0 Å². The van der Waals surface area contributed by atoms with Crippen LogP contribution < -0.4 is 11.5 Å². The van der Waals surface area contributed by atoms with Gasteiger partial charge < -0.3 is 16.4 Å². The van der Waals surface area contributed by atoms with Crippen molar-refractivity contribution in [3.63, 3.8) is 0 Å². The van der Waals surface area contributed by atoms with E-state index in [-0.39, 0.29) is 43.2 Å². The molecule has 2 rings (SSSR count). The normalized spacial score (nSPS) is 15.8. The quantitative estimate of drug-likeness (QED) is 0.175. The largest absolute Gasteiger partial charge is 0.481 e. The second-order valence-corrected chi connectivity index (χ2v) is 6.00. The molecule has 0 unspecified atom stereocenters. The number of rotatable bonds is 3. The minimum atomic E-state index is -4.88. The van der Waals surface area contributed by atoms with Crippen molar-refractivity contribution < 1.29 is 35.7 Å². The molecule has 0 bridgehead atoms. The molecule has 6 nitrogen and oxygen atoms in total. The van der Waals surface area contributed by atoms with Gasteiger partial charge in [-0.05, 0) is 11.6 Å². The third-order valence-electron chi connectivity index (χ3n) is 3.94. The highest BCUT2D eigenvalue weighted by atomic mass is 19.4. The van der Waals surface area contributed by atoms with Crippen molar-refractivity contribution in [2.24, 2.45) is 11.5 Å². The number of allylic oxidation sites excluding steroid dienone is 1. The van der Waals surface area contributed by atoms with Gasteiger partial charge in [-0.1, -0.05) is 0 Å². The molecule has 1 aliphatic heterocycles. The second-order valence-electron chi connectivity index (χ2n) is 6.00. The van der Waals surface area contributed by atoms with Gasteiger partial charge in [-0.2, -0.15) is 18.6 Å². The first-order valence-corrected chi connectivity index (χ1v) is 7.83. The average Bonchev–Trinajstić information content (AvgIpc) is 2.58. The van der Waals surface area contributed by atoms with Gasteiger partial charge in [0.15, 0.2) is 11.6 Å². The van der Waals surface area contributed by atoms with Crippen LogP contribution in [0.3, 0.4) is 0 Å². The van der Waals surface area contributed by atoms with Gasteiger partial charge in [-0.25, -0.2) is 17.7 Å². The van der Waals surface area contributed by atoms with Crippen molar-refractivity contribution in [3.05, 3.63) is 46.9 Å². The second kappa shape index (κ2) is 7.90. The molecular formula is C16H16F6N5O+. The Kier molecular flexibility index (Phi) is 6.00. The number of carbonyl (C=O) groups is 1. The molecule has 0 aromatic heterocycles. The van der Waals surface area contributed by atoms with Crippen LogP contribution in [0.15, 0.2) is 23.9 Å². The van der Waals surface area contributed by atoms with Gasteiger partial charge in [0.2, 0.25) is 11.7 Å².